The zero-order valence-electron chi connectivity index (χ0n) is 9.38. The highest BCUT2D eigenvalue weighted by molar-refractivity contribution is 6.61. The lowest BCUT2D eigenvalue weighted by Crippen LogP contribution is -2.52. The van der Waals surface area contributed by atoms with Crippen LogP contribution in [0.25, 0.3) is 0 Å². The van der Waals surface area contributed by atoms with E-state index in [2.05, 4.69) is 43.1 Å². The monoisotopic (exact) mass is 180 g/mol. The van der Waals surface area contributed by atoms with Crippen molar-refractivity contribution in [1.29, 1.82) is 0 Å². The molecule has 0 radical (unpaired) electrons. The molecule has 0 aliphatic heterocycles. The Balaban J connectivity index is 4.37. The molecule has 0 N–H and O–H groups in total. The maximum Gasteiger partial charge on any atom is 0.399 e. The first kappa shape index (κ1) is 12.5. The molecule has 0 atom stereocenters. The standard InChI is InChI=1S/C10H21BN2/c1-6-11(12(7-2)8-3)13(9-4)10-5/h1H,7-10H2,2-5H3. The van der Waals surface area contributed by atoms with E-state index in [4.69, 9.17) is 6.42 Å². The van der Waals surface area contributed by atoms with Gasteiger partial charge in [0.15, 0.2) is 0 Å². The maximum atomic E-state index is 5.54. The SMILES string of the molecule is C#CB(N(CC)CC)N(CC)CC. The molecule has 0 amide bonds. The fraction of sp³-hybridized carbons (Fsp3) is 0.800. The highest BCUT2D eigenvalue weighted by Crippen LogP contribution is 2.00. The van der Waals surface area contributed by atoms with Gasteiger partial charge in [-0.2, -0.15) is 0 Å². The average molecular weight is 180 g/mol. The lowest BCUT2D eigenvalue weighted by Gasteiger charge is -2.30. The predicted octanol–water partition coefficient (Wildman–Crippen LogP) is 1.33. The van der Waals surface area contributed by atoms with Crippen molar-refractivity contribution in [3.05, 3.63) is 0 Å². The van der Waals surface area contributed by atoms with Gasteiger partial charge in [-0.15, -0.1) is 12.2 Å². The Hall–Kier alpha value is -0.455. The van der Waals surface area contributed by atoms with Gasteiger partial charge in [0.2, 0.25) is 0 Å². The third kappa shape index (κ3) is 3.42. The van der Waals surface area contributed by atoms with Crippen molar-refractivity contribution >= 4 is 6.98 Å². The van der Waals surface area contributed by atoms with Crippen LogP contribution >= 0.6 is 0 Å². The van der Waals surface area contributed by atoms with Gasteiger partial charge in [0.1, 0.15) is 0 Å². The van der Waals surface area contributed by atoms with E-state index in [0.717, 1.165) is 26.2 Å². The molecular weight excluding hydrogens is 159 g/mol. The lowest BCUT2D eigenvalue weighted by molar-refractivity contribution is 0.389. The summed E-state index contributed by atoms with van der Waals surface area (Å²) in [5.74, 6) is 2.86. The van der Waals surface area contributed by atoms with E-state index in [1.54, 1.807) is 0 Å². The van der Waals surface area contributed by atoms with E-state index in [9.17, 15) is 0 Å². The topological polar surface area (TPSA) is 6.48 Å². The summed E-state index contributed by atoms with van der Waals surface area (Å²) in [5, 5.41) is 0. The van der Waals surface area contributed by atoms with Crippen LogP contribution in [0.1, 0.15) is 27.7 Å². The van der Waals surface area contributed by atoms with Crippen molar-refractivity contribution in [3.8, 4) is 12.2 Å². The number of rotatable bonds is 6. The Morgan fingerprint density at radius 3 is 1.38 bits per heavy atom. The molecule has 0 unspecified atom stereocenters. The number of nitrogens with zero attached hydrogens (tertiary/aromatic N) is 2. The van der Waals surface area contributed by atoms with Crippen molar-refractivity contribution in [2.24, 2.45) is 0 Å². The Morgan fingerprint density at radius 2 is 1.23 bits per heavy atom. The molecule has 74 valence electrons. The Bertz CT molecular complexity index is 145. The van der Waals surface area contributed by atoms with Crippen LogP contribution in [0.15, 0.2) is 0 Å². The predicted molar refractivity (Wildman–Crippen MR) is 60.4 cm³/mol. The summed E-state index contributed by atoms with van der Waals surface area (Å²) in [6.45, 7) is 12.8. The van der Waals surface area contributed by atoms with Crippen LogP contribution in [0.5, 0.6) is 0 Å². The average Bonchev–Trinajstić information content (AvgIpc) is 2.18. The van der Waals surface area contributed by atoms with Crippen molar-refractivity contribution in [2.45, 2.75) is 27.7 Å². The molecule has 0 aromatic rings. The normalized spacial score (nSPS) is 10.5. The second-order valence-electron chi connectivity index (χ2n) is 2.98. The third-order valence-electron chi connectivity index (χ3n) is 2.47. The van der Waals surface area contributed by atoms with E-state index in [1.807, 2.05) is 0 Å². The summed E-state index contributed by atoms with van der Waals surface area (Å²) in [5.41, 5.74) is 0. The van der Waals surface area contributed by atoms with Gasteiger partial charge in [0, 0.05) is 0 Å². The molecule has 0 aliphatic rings. The molecule has 3 heteroatoms. The van der Waals surface area contributed by atoms with Crippen LogP contribution < -0.4 is 0 Å². The summed E-state index contributed by atoms with van der Waals surface area (Å²) in [4.78, 5) is 4.60. The van der Waals surface area contributed by atoms with Gasteiger partial charge in [-0.1, -0.05) is 27.7 Å². The molecular formula is C10H21BN2. The molecule has 0 rings (SSSR count). The quantitative estimate of drug-likeness (QED) is 0.449. The van der Waals surface area contributed by atoms with Crippen molar-refractivity contribution in [2.75, 3.05) is 26.2 Å². The Labute approximate surface area is 83.4 Å². The second-order valence-corrected chi connectivity index (χ2v) is 2.98. The smallest absolute Gasteiger partial charge is 0.318 e. The minimum absolute atomic E-state index is 0.171. The fourth-order valence-electron chi connectivity index (χ4n) is 1.58. The van der Waals surface area contributed by atoms with Crippen LogP contribution in [0.2, 0.25) is 0 Å². The third-order valence-corrected chi connectivity index (χ3v) is 2.47. The molecule has 0 heterocycles. The molecule has 0 saturated heterocycles. The van der Waals surface area contributed by atoms with E-state index in [1.165, 1.54) is 0 Å². The summed E-state index contributed by atoms with van der Waals surface area (Å²) >= 11 is 0. The maximum absolute atomic E-state index is 5.54. The second kappa shape index (κ2) is 7.00. The molecule has 0 spiro atoms. The zero-order chi connectivity index (χ0) is 10.3. The molecule has 0 fully saturated rings. The van der Waals surface area contributed by atoms with E-state index in [-0.39, 0.29) is 6.98 Å². The van der Waals surface area contributed by atoms with Gasteiger partial charge in [0.05, 0.1) is 0 Å². The van der Waals surface area contributed by atoms with Crippen LogP contribution in [0.4, 0.5) is 0 Å². The first-order chi connectivity index (χ1) is 6.24. The number of hydrogen-bond donors (Lipinski definition) is 0. The summed E-state index contributed by atoms with van der Waals surface area (Å²) in [6, 6.07) is 0. The molecule has 13 heavy (non-hydrogen) atoms. The summed E-state index contributed by atoms with van der Waals surface area (Å²) in [7, 11) is 0. The fourth-order valence-corrected chi connectivity index (χ4v) is 1.58. The molecule has 0 aromatic carbocycles. The lowest BCUT2D eigenvalue weighted by atomic mass is 9.72. The molecule has 2 nitrogen and oxygen atoms in total. The highest BCUT2D eigenvalue weighted by atomic mass is 15.2. The minimum atomic E-state index is 0.171. The van der Waals surface area contributed by atoms with Crippen molar-refractivity contribution in [1.82, 2.24) is 9.62 Å². The Kier molecular flexibility index (Phi) is 6.75. The van der Waals surface area contributed by atoms with Crippen LogP contribution in [-0.4, -0.2) is 42.8 Å². The first-order valence-electron chi connectivity index (χ1n) is 5.19. The van der Waals surface area contributed by atoms with Crippen molar-refractivity contribution < 1.29 is 0 Å². The first-order valence-corrected chi connectivity index (χ1v) is 5.19. The largest absolute Gasteiger partial charge is 0.399 e. The van der Waals surface area contributed by atoms with E-state index < -0.39 is 0 Å². The van der Waals surface area contributed by atoms with Gasteiger partial charge in [-0.05, 0) is 26.2 Å². The van der Waals surface area contributed by atoms with Crippen molar-refractivity contribution in [3.63, 3.8) is 0 Å². The number of terminal acetylenes is 1. The van der Waals surface area contributed by atoms with Gasteiger partial charge in [0.25, 0.3) is 0 Å². The van der Waals surface area contributed by atoms with E-state index >= 15 is 0 Å². The number of hydrogen-bond acceptors (Lipinski definition) is 2. The minimum Gasteiger partial charge on any atom is -0.318 e. The summed E-state index contributed by atoms with van der Waals surface area (Å²) in [6.07, 6.45) is 5.54. The summed E-state index contributed by atoms with van der Waals surface area (Å²) < 4.78 is 0. The van der Waals surface area contributed by atoms with Crippen LogP contribution in [-0.2, 0) is 0 Å². The molecule has 0 saturated carbocycles. The Morgan fingerprint density at radius 1 is 0.923 bits per heavy atom. The van der Waals surface area contributed by atoms with Gasteiger partial charge < -0.3 is 9.62 Å². The molecule has 0 bridgehead atoms. The van der Waals surface area contributed by atoms with E-state index in [0.29, 0.717) is 0 Å². The van der Waals surface area contributed by atoms with Gasteiger partial charge in [-0.25, -0.2) is 0 Å². The highest BCUT2D eigenvalue weighted by Gasteiger charge is 2.24. The molecule has 0 aromatic heterocycles. The zero-order valence-corrected chi connectivity index (χ0v) is 9.38. The van der Waals surface area contributed by atoms with Crippen LogP contribution in [0, 0.1) is 12.2 Å². The molecule has 0 aliphatic carbocycles. The van der Waals surface area contributed by atoms with Crippen LogP contribution in [0.3, 0.4) is 0 Å². The van der Waals surface area contributed by atoms with Gasteiger partial charge in [-0.3, -0.25) is 0 Å². The van der Waals surface area contributed by atoms with Gasteiger partial charge >= 0.3 is 6.98 Å².